The number of fused-ring (bicyclic) bond motifs is 5. The van der Waals surface area contributed by atoms with Crippen LogP contribution in [0.4, 0.5) is 0 Å². The van der Waals surface area contributed by atoms with Crippen molar-refractivity contribution < 1.29 is 0 Å². The van der Waals surface area contributed by atoms with Crippen molar-refractivity contribution >= 4 is 42.3 Å². The molecule has 0 unspecified atom stereocenters. The summed E-state index contributed by atoms with van der Waals surface area (Å²) in [5.74, 6) is 0. The fraction of sp³-hybridized carbons (Fsp3) is 0. The second-order valence-corrected chi connectivity index (χ2v) is 10.2. The molecular formula is C34H20N2S. The van der Waals surface area contributed by atoms with E-state index >= 15 is 0 Å². The van der Waals surface area contributed by atoms with Crippen LogP contribution in [0.3, 0.4) is 0 Å². The number of benzene rings is 5. The molecule has 2 nitrogen and oxygen atoms in total. The van der Waals surface area contributed by atoms with Gasteiger partial charge < -0.3 is 0 Å². The molecule has 0 N–H and O–H groups in total. The molecule has 0 spiro atoms. The van der Waals surface area contributed by atoms with E-state index in [0.717, 1.165) is 11.1 Å². The van der Waals surface area contributed by atoms with E-state index in [9.17, 15) is 5.26 Å². The Hall–Kier alpha value is -4.78. The van der Waals surface area contributed by atoms with Gasteiger partial charge in [0.25, 0.3) is 0 Å². The summed E-state index contributed by atoms with van der Waals surface area (Å²) in [7, 11) is 0. The van der Waals surface area contributed by atoms with Crippen LogP contribution in [0.25, 0.3) is 64.3 Å². The van der Waals surface area contributed by atoms with E-state index in [2.05, 4.69) is 114 Å². The fourth-order valence-electron chi connectivity index (χ4n) is 5.20. The van der Waals surface area contributed by atoms with Crippen LogP contribution in [0.5, 0.6) is 0 Å². The van der Waals surface area contributed by atoms with Crippen LogP contribution in [0.2, 0.25) is 0 Å². The Kier molecular flexibility index (Phi) is 5.06. The Morgan fingerprint density at radius 3 is 2.03 bits per heavy atom. The molecule has 0 radical (unpaired) electrons. The fourth-order valence-corrected chi connectivity index (χ4v) is 6.40. The molecule has 2 heterocycles. The Morgan fingerprint density at radius 1 is 0.541 bits per heavy atom. The molecule has 0 aliphatic carbocycles. The predicted octanol–water partition coefficient (Wildman–Crippen LogP) is 9.48. The Balaban J connectivity index is 1.39. The maximum absolute atomic E-state index is 9.20. The molecule has 2 aromatic heterocycles. The molecule has 0 saturated carbocycles. The van der Waals surface area contributed by atoms with Crippen molar-refractivity contribution in [2.24, 2.45) is 0 Å². The Bertz CT molecular complexity index is 1980. The lowest BCUT2D eigenvalue weighted by atomic mass is 9.93. The van der Waals surface area contributed by atoms with E-state index in [0.29, 0.717) is 5.69 Å². The topological polar surface area (TPSA) is 36.7 Å². The SMILES string of the molecule is N#Cc1cc(-c2ccc(-c3cc4sc5cc(-c6ccccc6)ccc5c4c4ccccc34)cc2)ccn1. The van der Waals surface area contributed by atoms with Crippen molar-refractivity contribution in [3.8, 4) is 39.4 Å². The third-order valence-electron chi connectivity index (χ3n) is 6.99. The van der Waals surface area contributed by atoms with Crippen molar-refractivity contribution in [3.63, 3.8) is 0 Å². The number of nitriles is 1. The molecule has 3 heteroatoms. The van der Waals surface area contributed by atoms with Gasteiger partial charge in [-0.2, -0.15) is 5.26 Å². The van der Waals surface area contributed by atoms with Crippen LogP contribution in [0.15, 0.2) is 121 Å². The van der Waals surface area contributed by atoms with E-state index in [4.69, 9.17) is 0 Å². The van der Waals surface area contributed by atoms with Gasteiger partial charge in [0.1, 0.15) is 11.8 Å². The number of rotatable bonds is 3. The number of nitrogens with zero attached hydrogens (tertiary/aromatic N) is 2. The largest absolute Gasteiger partial charge is 0.246 e. The van der Waals surface area contributed by atoms with Gasteiger partial charge in [-0.3, -0.25) is 0 Å². The molecule has 0 aliphatic rings. The van der Waals surface area contributed by atoms with E-state index < -0.39 is 0 Å². The van der Waals surface area contributed by atoms with Crippen molar-refractivity contribution in [2.75, 3.05) is 0 Å². The standard InChI is InChI=1S/C34H20N2S/c35-21-27-18-26(16-17-36-27)23-10-12-24(13-11-23)31-20-33-34(29-9-5-4-8-28(29)31)30-15-14-25(19-32(30)37-33)22-6-2-1-3-7-22/h1-20H. The highest BCUT2D eigenvalue weighted by atomic mass is 32.1. The highest BCUT2D eigenvalue weighted by Crippen LogP contribution is 2.43. The molecule has 172 valence electrons. The molecule has 0 saturated heterocycles. The van der Waals surface area contributed by atoms with Crippen molar-refractivity contribution in [3.05, 3.63) is 127 Å². The van der Waals surface area contributed by atoms with Gasteiger partial charge in [-0.15, -0.1) is 11.3 Å². The second-order valence-electron chi connectivity index (χ2n) is 9.14. The van der Waals surface area contributed by atoms with Crippen LogP contribution in [0, 0.1) is 11.3 Å². The summed E-state index contributed by atoms with van der Waals surface area (Å²) in [5, 5.41) is 14.4. The van der Waals surface area contributed by atoms with Crippen LogP contribution in [-0.2, 0) is 0 Å². The summed E-state index contributed by atoms with van der Waals surface area (Å²) >= 11 is 1.86. The van der Waals surface area contributed by atoms with E-state index in [1.165, 1.54) is 53.2 Å². The van der Waals surface area contributed by atoms with E-state index in [1.54, 1.807) is 6.20 Å². The van der Waals surface area contributed by atoms with Gasteiger partial charge in [-0.25, -0.2) is 4.98 Å². The molecule has 0 aliphatic heterocycles. The third kappa shape index (κ3) is 3.67. The van der Waals surface area contributed by atoms with Crippen molar-refractivity contribution in [2.45, 2.75) is 0 Å². The normalized spacial score (nSPS) is 11.2. The van der Waals surface area contributed by atoms with Crippen LogP contribution in [0.1, 0.15) is 5.69 Å². The summed E-state index contributed by atoms with van der Waals surface area (Å²) < 4.78 is 2.60. The molecular weight excluding hydrogens is 468 g/mol. The zero-order chi connectivity index (χ0) is 24.8. The number of aromatic nitrogens is 1. The molecule has 0 fully saturated rings. The number of hydrogen-bond acceptors (Lipinski definition) is 3. The zero-order valence-electron chi connectivity index (χ0n) is 19.8. The summed E-state index contributed by atoms with van der Waals surface area (Å²) in [4.78, 5) is 4.09. The van der Waals surface area contributed by atoms with Crippen molar-refractivity contribution in [1.29, 1.82) is 5.26 Å². The highest BCUT2D eigenvalue weighted by molar-refractivity contribution is 7.26. The lowest BCUT2D eigenvalue weighted by Gasteiger charge is -2.10. The smallest absolute Gasteiger partial charge is 0.141 e. The van der Waals surface area contributed by atoms with Gasteiger partial charge in [0.2, 0.25) is 0 Å². The third-order valence-corrected chi connectivity index (χ3v) is 8.09. The van der Waals surface area contributed by atoms with Crippen LogP contribution in [-0.4, -0.2) is 4.98 Å². The van der Waals surface area contributed by atoms with E-state index in [1.807, 2.05) is 23.5 Å². The molecule has 5 aromatic carbocycles. The minimum absolute atomic E-state index is 0.429. The monoisotopic (exact) mass is 488 g/mol. The summed E-state index contributed by atoms with van der Waals surface area (Å²) in [6.45, 7) is 0. The molecule has 0 bridgehead atoms. The molecule has 7 rings (SSSR count). The first-order chi connectivity index (χ1) is 18.3. The average molecular weight is 489 g/mol. The van der Waals surface area contributed by atoms with Crippen molar-refractivity contribution in [1.82, 2.24) is 4.98 Å². The van der Waals surface area contributed by atoms with Gasteiger partial charge in [-0.1, -0.05) is 91.0 Å². The number of thiophene rings is 1. The molecule has 37 heavy (non-hydrogen) atoms. The lowest BCUT2D eigenvalue weighted by molar-refractivity contribution is 1.26. The van der Waals surface area contributed by atoms with E-state index in [-0.39, 0.29) is 0 Å². The minimum atomic E-state index is 0.429. The maximum atomic E-state index is 9.20. The first-order valence-corrected chi connectivity index (χ1v) is 13.0. The van der Waals surface area contributed by atoms with Gasteiger partial charge >= 0.3 is 0 Å². The summed E-state index contributed by atoms with van der Waals surface area (Å²) in [5.41, 5.74) is 7.40. The Labute approximate surface area is 218 Å². The number of hydrogen-bond donors (Lipinski definition) is 0. The van der Waals surface area contributed by atoms with Crippen LogP contribution >= 0.6 is 11.3 Å². The highest BCUT2D eigenvalue weighted by Gasteiger charge is 2.14. The van der Waals surface area contributed by atoms with Gasteiger partial charge in [-0.05, 0) is 68.4 Å². The quantitative estimate of drug-likeness (QED) is 0.248. The van der Waals surface area contributed by atoms with Gasteiger partial charge in [0.05, 0.1) is 0 Å². The Morgan fingerprint density at radius 2 is 1.22 bits per heavy atom. The van der Waals surface area contributed by atoms with Gasteiger partial charge in [0.15, 0.2) is 0 Å². The maximum Gasteiger partial charge on any atom is 0.141 e. The first-order valence-electron chi connectivity index (χ1n) is 12.2. The zero-order valence-corrected chi connectivity index (χ0v) is 20.7. The first kappa shape index (κ1) is 21.5. The average Bonchev–Trinajstić information content (AvgIpc) is 3.35. The predicted molar refractivity (Wildman–Crippen MR) is 156 cm³/mol. The minimum Gasteiger partial charge on any atom is -0.246 e. The molecule has 7 aromatic rings. The number of pyridine rings is 1. The summed E-state index contributed by atoms with van der Waals surface area (Å²) in [6.07, 6.45) is 1.69. The lowest BCUT2D eigenvalue weighted by Crippen LogP contribution is -1.86. The second kappa shape index (κ2) is 8.71. The molecule has 0 atom stereocenters. The van der Waals surface area contributed by atoms with Crippen LogP contribution < -0.4 is 0 Å². The molecule has 0 amide bonds. The van der Waals surface area contributed by atoms with Gasteiger partial charge in [0, 0.05) is 26.4 Å². The summed E-state index contributed by atoms with van der Waals surface area (Å²) in [6, 6.07) is 43.0.